The van der Waals surface area contributed by atoms with Gasteiger partial charge in [-0.3, -0.25) is 14.4 Å². The topological polar surface area (TPSA) is 78.9 Å². The first-order valence-electron chi connectivity index (χ1n) is 28.0. The molecule has 0 aromatic rings. The van der Waals surface area contributed by atoms with Gasteiger partial charge in [0.25, 0.3) is 0 Å². The number of allylic oxidation sites excluding steroid dienone is 20. The smallest absolute Gasteiger partial charge is 0.306 e. The highest BCUT2D eigenvalue weighted by Gasteiger charge is 2.19. The van der Waals surface area contributed by atoms with E-state index in [4.69, 9.17) is 14.2 Å². The fraction of sp³-hybridized carbons (Fsp3) is 0.635. The highest BCUT2D eigenvalue weighted by atomic mass is 16.6. The maximum Gasteiger partial charge on any atom is 0.306 e. The summed E-state index contributed by atoms with van der Waals surface area (Å²) in [7, 11) is 0. The van der Waals surface area contributed by atoms with Gasteiger partial charge in [0.05, 0.1) is 0 Å². The number of hydrogen-bond donors (Lipinski definition) is 0. The lowest BCUT2D eigenvalue weighted by Gasteiger charge is -2.18. The Balaban J connectivity index is 4.47. The quantitative estimate of drug-likeness (QED) is 0.0262. The van der Waals surface area contributed by atoms with E-state index in [2.05, 4.69) is 130 Å². The molecule has 6 heteroatoms. The highest BCUT2D eigenvalue weighted by Crippen LogP contribution is 2.14. The minimum Gasteiger partial charge on any atom is -0.462 e. The molecule has 0 aromatic carbocycles. The molecular weight excluding hydrogens is 853 g/mol. The van der Waals surface area contributed by atoms with Crippen LogP contribution in [0.15, 0.2) is 122 Å². The summed E-state index contributed by atoms with van der Waals surface area (Å²) in [6, 6.07) is 0. The Bertz CT molecular complexity index is 1470. The molecule has 6 nitrogen and oxygen atoms in total. The zero-order chi connectivity index (χ0) is 50.0. The molecule has 0 aromatic heterocycles. The molecule has 0 aliphatic rings. The van der Waals surface area contributed by atoms with Crippen LogP contribution in [0.5, 0.6) is 0 Å². The summed E-state index contributed by atoms with van der Waals surface area (Å²) in [6.07, 6.45) is 77.7. The predicted molar refractivity (Wildman–Crippen MR) is 297 cm³/mol. The molecule has 0 aliphatic heterocycles. The van der Waals surface area contributed by atoms with Crippen LogP contribution in [0.3, 0.4) is 0 Å². The molecule has 0 aliphatic carbocycles. The molecule has 1 unspecified atom stereocenters. The maximum atomic E-state index is 12.8. The molecule has 0 saturated carbocycles. The van der Waals surface area contributed by atoms with Gasteiger partial charge in [-0.05, 0) is 116 Å². The lowest BCUT2D eigenvalue weighted by Crippen LogP contribution is -2.30. The highest BCUT2D eigenvalue weighted by molar-refractivity contribution is 5.71. The lowest BCUT2D eigenvalue weighted by atomic mass is 10.1. The fourth-order valence-electron chi connectivity index (χ4n) is 7.30. The number of esters is 3. The summed E-state index contributed by atoms with van der Waals surface area (Å²) in [5.41, 5.74) is 0. The van der Waals surface area contributed by atoms with E-state index >= 15 is 0 Å². The van der Waals surface area contributed by atoms with Gasteiger partial charge in [0, 0.05) is 19.3 Å². The first-order valence-corrected chi connectivity index (χ1v) is 28.0. The van der Waals surface area contributed by atoms with E-state index in [9.17, 15) is 14.4 Å². The molecule has 69 heavy (non-hydrogen) atoms. The third-order valence-electron chi connectivity index (χ3n) is 11.4. The van der Waals surface area contributed by atoms with Gasteiger partial charge in [0.15, 0.2) is 6.10 Å². The fourth-order valence-corrected chi connectivity index (χ4v) is 7.30. The molecule has 0 fully saturated rings. The van der Waals surface area contributed by atoms with Gasteiger partial charge in [-0.1, -0.05) is 226 Å². The molecule has 0 rings (SSSR count). The molecule has 0 spiro atoms. The Morgan fingerprint density at radius 1 is 0.304 bits per heavy atom. The molecule has 0 radical (unpaired) electrons. The molecule has 0 amide bonds. The van der Waals surface area contributed by atoms with Crippen molar-refractivity contribution >= 4 is 17.9 Å². The second-order valence-electron chi connectivity index (χ2n) is 18.1. The van der Waals surface area contributed by atoms with Crippen LogP contribution < -0.4 is 0 Å². The normalized spacial score (nSPS) is 13.0. The van der Waals surface area contributed by atoms with E-state index < -0.39 is 6.10 Å². The van der Waals surface area contributed by atoms with Crippen molar-refractivity contribution in [2.75, 3.05) is 13.2 Å². The van der Waals surface area contributed by atoms with Crippen molar-refractivity contribution in [2.45, 2.75) is 245 Å². The van der Waals surface area contributed by atoms with Gasteiger partial charge in [0.2, 0.25) is 0 Å². The maximum absolute atomic E-state index is 12.8. The SMILES string of the molecule is CC/C=C\C/C=C\C/C=C\C/C=C\CCCCCCC(=O)OC(COC(=O)CC/C=C\C/C=C\C/C=C\C/C=C\CC)COC(=O)CCCCCCCCCCC/C=C\C/C=C\CCCCCCC. The first kappa shape index (κ1) is 64.8. The predicted octanol–water partition coefficient (Wildman–Crippen LogP) is 18.9. The summed E-state index contributed by atoms with van der Waals surface area (Å²) in [4.78, 5) is 38.1. The second kappa shape index (κ2) is 56.4. The molecule has 0 N–H and O–H groups in total. The minimum absolute atomic E-state index is 0.115. The van der Waals surface area contributed by atoms with E-state index in [1.165, 1.54) is 83.5 Å². The Morgan fingerprint density at radius 2 is 0.594 bits per heavy atom. The summed E-state index contributed by atoms with van der Waals surface area (Å²) in [5, 5.41) is 0. The van der Waals surface area contributed by atoms with E-state index in [1.54, 1.807) is 0 Å². The molecule has 0 bridgehead atoms. The standard InChI is InChI=1S/C63H102O6/c1-4-7-10-13-16-19-22-25-27-29-30-31-32-34-35-38-41-44-47-50-53-56-62(65)68-59-60(58-67-61(64)55-52-49-46-43-40-37-24-21-18-15-12-9-6-3)69-63(66)57-54-51-48-45-42-39-36-33-28-26-23-20-17-14-11-8-5-2/h8-9,11-12,17-18,20-22,25-26,28-30,36-37,39-40,46,49,60H,4-7,10,13-16,19,23-24,27,31-35,38,41-45,47-48,50-59H2,1-3H3/b11-8-,12-9-,20-17-,21-18-,25-22-,28-26-,30-29-,39-36-,40-37-,49-46-. The number of carbonyl (C=O) groups excluding carboxylic acids is 3. The zero-order valence-electron chi connectivity index (χ0n) is 44.5. The number of rotatable bonds is 49. The Kier molecular flexibility index (Phi) is 53.0. The lowest BCUT2D eigenvalue weighted by molar-refractivity contribution is -0.166. The van der Waals surface area contributed by atoms with Gasteiger partial charge >= 0.3 is 17.9 Å². The summed E-state index contributed by atoms with van der Waals surface area (Å²) >= 11 is 0. The van der Waals surface area contributed by atoms with Crippen LogP contribution in [0.1, 0.15) is 239 Å². The van der Waals surface area contributed by atoms with Crippen LogP contribution in [0.2, 0.25) is 0 Å². The van der Waals surface area contributed by atoms with E-state index in [1.807, 2.05) is 12.2 Å². The van der Waals surface area contributed by atoms with Crippen molar-refractivity contribution in [2.24, 2.45) is 0 Å². The average Bonchev–Trinajstić information content (AvgIpc) is 3.35. The third-order valence-corrected chi connectivity index (χ3v) is 11.4. The van der Waals surface area contributed by atoms with Gasteiger partial charge in [-0.25, -0.2) is 0 Å². The molecule has 1 atom stereocenters. The molecular formula is C63H102O6. The first-order chi connectivity index (χ1) is 34.0. The zero-order valence-corrected chi connectivity index (χ0v) is 44.5. The summed E-state index contributed by atoms with van der Waals surface area (Å²) < 4.78 is 16.7. The molecule has 0 saturated heterocycles. The van der Waals surface area contributed by atoms with Crippen LogP contribution in [-0.4, -0.2) is 37.2 Å². The minimum atomic E-state index is -0.825. The molecule has 0 heterocycles. The van der Waals surface area contributed by atoms with Crippen molar-refractivity contribution < 1.29 is 28.6 Å². The van der Waals surface area contributed by atoms with Crippen molar-refractivity contribution in [3.05, 3.63) is 122 Å². The van der Waals surface area contributed by atoms with Crippen molar-refractivity contribution in [3.8, 4) is 0 Å². The summed E-state index contributed by atoms with van der Waals surface area (Å²) in [6.45, 7) is 6.30. The van der Waals surface area contributed by atoms with Crippen molar-refractivity contribution in [1.29, 1.82) is 0 Å². The Labute approximate surface area is 424 Å². The van der Waals surface area contributed by atoms with E-state index in [0.717, 1.165) is 109 Å². The second-order valence-corrected chi connectivity index (χ2v) is 18.1. The Morgan fingerprint density at radius 3 is 0.971 bits per heavy atom. The number of carbonyl (C=O) groups is 3. The van der Waals surface area contributed by atoms with Gasteiger partial charge in [-0.15, -0.1) is 0 Å². The number of ether oxygens (including phenoxy) is 3. The monoisotopic (exact) mass is 955 g/mol. The van der Waals surface area contributed by atoms with Gasteiger partial charge in [0.1, 0.15) is 13.2 Å². The van der Waals surface area contributed by atoms with Crippen LogP contribution in [0.4, 0.5) is 0 Å². The number of hydrogen-bond acceptors (Lipinski definition) is 6. The average molecular weight is 956 g/mol. The van der Waals surface area contributed by atoms with Crippen LogP contribution >= 0.6 is 0 Å². The van der Waals surface area contributed by atoms with Crippen LogP contribution in [0, 0.1) is 0 Å². The van der Waals surface area contributed by atoms with Crippen molar-refractivity contribution in [3.63, 3.8) is 0 Å². The van der Waals surface area contributed by atoms with Gasteiger partial charge < -0.3 is 14.2 Å². The largest absolute Gasteiger partial charge is 0.462 e. The van der Waals surface area contributed by atoms with E-state index in [-0.39, 0.29) is 44.0 Å². The third kappa shape index (κ3) is 54.6. The Hall–Kier alpha value is -4.19. The molecule has 390 valence electrons. The summed E-state index contributed by atoms with van der Waals surface area (Å²) in [5.74, 6) is -1.03. The van der Waals surface area contributed by atoms with Gasteiger partial charge in [-0.2, -0.15) is 0 Å². The van der Waals surface area contributed by atoms with Crippen LogP contribution in [0.25, 0.3) is 0 Å². The van der Waals surface area contributed by atoms with Crippen molar-refractivity contribution in [1.82, 2.24) is 0 Å². The number of unbranched alkanes of at least 4 members (excludes halogenated alkanes) is 18. The van der Waals surface area contributed by atoms with E-state index in [0.29, 0.717) is 12.8 Å². The van der Waals surface area contributed by atoms with Crippen LogP contribution in [-0.2, 0) is 28.6 Å².